The van der Waals surface area contributed by atoms with Gasteiger partial charge in [-0.2, -0.15) is 0 Å². The summed E-state index contributed by atoms with van der Waals surface area (Å²) in [5.74, 6) is 0.948. The van der Waals surface area contributed by atoms with Crippen molar-refractivity contribution < 1.29 is 28.8 Å². The molecule has 1 N–H and O–H groups in total. The van der Waals surface area contributed by atoms with Crippen molar-refractivity contribution in [2.75, 3.05) is 26.4 Å². The highest BCUT2D eigenvalue weighted by atomic mass is 16.6. The van der Waals surface area contributed by atoms with E-state index in [-0.39, 0.29) is 39.6 Å². The molecule has 2 aromatic carbocycles. The molecule has 1 saturated heterocycles. The molecule has 1 heterocycles. The van der Waals surface area contributed by atoms with Crippen LogP contribution in [-0.2, 0) is 19.7 Å². The van der Waals surface area contributed by atoms with E-state index >= 15 is 0 Å². The second kappa shape index (κ2) is 12.4. The lowest BCUT2D eigenvalue weighted by Crippen LogP contribution is -2.25. The first-order valence-electron chi connectivity index (χ1n) is 10.3. The summed E-state index contributed by atoms with van der Waals surface area (Å²) in [6, 6.07) is 15.9. The maximum absolute atomic E-state index is 11.4. The van der Waals surface area contributed by atoms with E-state index in [4.69, 9.17) is 18.9 Å². The van der Waals surface area contributed by atoms with Gasteiger partial charge in [-0.25, -0.2) is 4.79 Å². The largest absolute Gasteiger partial charge is 0.491 e. The number of hydrogen-bond acceptors (Lipinski definition) is 6. The van der Waals surface area contributed by atoms with Gasteiger partial charge in [0.2, 0.25) is 0 Å². The Hall–Kier alpha value is -2.83. The van der Waals surface area contributed by atoms with E-state index in [9.17, 15) is 9.90 Å². The fourth-order valence-corrected chi connectivity index (χ4v) is 2.99. The minimum Gasteiger partial charge on any atom is -0.491 e. The Kier molecular flexibility index (Phi) is 10.6. The highest BCUT2D eigenvalue weighted by Gasteiger charge is 2.25. The molecule has 0 amide bonds. The molecule has 1 fully saturated rings. The third kappa shape index (κ3) is 8.22. The first-order chi connectivity index (χ1) is 14.8. The molecule has 6 heteroatoms. The summed E-state index contributed by atoms with van der Waals surface area (Å²) in [6.07, 6.45) is -0.670. The van der Waals surface area contributed by atoms with Gasteiger partial charge in [-0.3, -0.25) is 0 Å². The van der Waals surface area contributed by atoms with Crippen LogP contribution in [0.5, 0.6) is 11.5 Å². The van der Waals surface area contributed by atoms with Crippen LogP contribution in [0.2, 0.25) is 0 Å². The van der Waals surface area contributed by atoms with Gasteiger partial charge in [0, 0.05) is 11.0 Å². The van der Waals surface area contributed by atoms with Crippen molar-refractivity contribution in [3.63, 3.8) is 0 Å². The number of esters is 1. The van der Waals surface area contributed by atoms with E-state index in [0.29, 0.717) is 17.9 Å². The topological polar surface area (TPSA) is 77.5 Å². The van der Waals surface area contributed by atoms with Crippen molar-refractivity contribution >= 4 is 5.97 Å². The Morgan fingerprint density at radius 3 is 1.97 bits per heavy atom. The molecule has 2 unspecified atom stereocenters. The standard InChI is InChI=1S/C25H30O6.2CH4/c1-17(2)24(27)31-14-20(26)13-28-21-9-5-18(6-10-21)25(3,4)19-7-11-22(12-8-19)29-15-23-16-30-23;;/h5-12,20,23,26H,1,13-16H2,2-4H3;2*1H4. The fourth-order valence-electron chi connectivity index (χ4n) is 2.99. The van der Waals surface area contributed by atoms with Crippen LogP contribution in [0.1, 0.15) is 46.8 Å². The maximum Gasteiger partial charge on any atom is 0.333 e. The number of carbonyl (C=O) groups excluding carboxylic acids is 1. The maximum atomic E-state index is 11.4. The Balaban J connectivity index is 0.00000272. The van der Waals surface area contributed by atoms with Crippen molar-refractivity contribution in [1.82, 2.24) is 0 Å². The molecule has 0 bridgehead atoms. The Morgan fingerprint density at radius 2 is 1.52 bits per heavy atom. The van der Waals surface area contributed by atoms with Crippen LogP contribution in [0.3, 0.4) is 0 Å². The molecule has 0 aromatic heterocycles. The Bertz CT molecular complexity index is 882. The van der Waals surface area contributed by atoms with Crippen molar-refractivity contribution in [2.45, 2.75) is 53.2 Å². The lowest BCUT2D eigenvalue weighted by atomic mass is 9.78. The highest BCUT2D eigenvalue weighted by Crippen LogP contribution is 2.33. The van der Waals surface area contributed by atoms with E-state index in [1.807, 2.05) is 36.4 Å². The van der Waals surface area contributed by atoms with Gasteiger partial charge in [0.15, 0.2) is 0 Å². The van der Waals surface area contributed by atoms with Crippen molar-refractivity contribution in [2.24, 2.45) is 0 Å². The summed E-state index contributed by atoms with van der Waals surface area (Å²) in [7, 11) is 0. The van der Waals surface area contributed by atoms with Crippen LogP contribution in [0.4, 0.5) is 0 Å². The van der Waals surface area contributed by atoms with Crippen LogP contribution in [0.25, 0.3) is 0 Å². The summed E-state index contributed by atoms with van der Waals surface area (Å²) >= 11 is 0. The van der Waals surface area contributed by atoms with Crippen LogP contribution in [0, 0.1) is 0 Å². The third-order valence-corrected chi connectivity index (χ3v) is 5.19. The Labute approximate surface area is 198 Å². The summed E-state index contributed by atoms with van der Waals surface area (Å²) in [4.78, 5) is 11.4. The molecular weight excluding hydrogens is 420 g/mol. The average Bonchev–Trinajstić information content (AvgIpc) is 3.59. The van der Waals surface area contributed by atoms with Crippen LogP contribution < -0.4 is 9.47 Å². The van der Waals surface area contributed by atoms with E-state index in [1.54, 1.807) is 6.92 Å². The van der Waals surface area contributed by atoms with Crippen LogP contribution in [-0.4, -0.2) is 49.7 Å². The second-order valence-electron chi connectivity index (χ2n) is 8.28. The normalized spacial score (nSPS) is 15.3. The van der Waals surface area contributed by atoms with Gasteiger partial charge < -0.3 is 24.1 Å². The molecule has 1 aliphatic heterocycles. The number of rotatable bonds is 11. The van der Waals surface area contributed by atoms with Gasteiger partial charge in [-0.1, -0.05) is 59.5 Å². The molecule has 0 aliphatic carbocycles. The quantitative estimate of drug-likeness (QED) is 0.293. The van der Waals surface area contributed by atoms with Crippen molar-refractivity contribution in [3.05, 3.63) is 71.8 Å². The molecular formula is C27H38O6. The number of aliphatic hydroxyl groups excluding tert-OH is 1. The predicted molar refractivity (Wildman–Crippen MR) is 131 cm³/mol. The number of carbonyl (C=O) groups is 1. The molecule has 0 saturated carbocycles. The highest BCUT2D eigenvalue weighted by molar-refractivity contribution is 5.86. The smallest absolute Gasteiger partial charge is 0.333 e. The molecule has 3 rings (SSSR count). The summed E-state index contributed by atoms with van der Waals surface area (Å²) < 4.78 is 21.4. The molecule has 0 radical (unpaired) electrons. The second-order valence-corrected chi connectivity index (χ2v) is 8.28. The molecule has 2 aromatic rings. The van der Waals surface area contributed by atoms with Crippen molar-refractivity contribution in [1.29, 1.82) is 0 Å². The van der Waals surface area contributed by atoms with Crippen LogP contribution in [0.15, 0.2) is 60.7 Å². The summed E-state index contributed by atoms with van der Waals surface area (Å²) in [5.41, 5.74) is 2.40. The van der Waals surface area contributed by atoms with E-state index < -0.39 is 12.1 Å². The average molecular weight is 459 g/mol. The SMILES string of the molecule is C.C.C=C(C)C(=O)OCC(O)COc1ccc(C(C)(C)c2ccc(OCC3CO3)cc2)cc1. The van der Waals surface area contributed by atoms with Gasteiger partial charge >= 0.3 is 5.97 Å². The number of aliphatic hydroxyl groups is 1. The number of ether oxygens (including phenoxy) is 4. The van der Waals surface area contributed by atoms with E-state index in [2.05, 4.69) is 32.6 Å². The first kappa shape index (κ1) is 28.2. The van der Waals surface area contributed by atoms with Gasteiger partial charge in [0.1, 0.15) is 43.5 Å². The zero-order valence-corrected chi connectivity index (χ0v) is 18.3. The zero-order chi connectivity index (χ0) is 22.4. The van der Waals surface area contributed by atoms with E-state index in [0.717, 1.165) is 17.9 Å². The lowest BCUT2D eigenvalue weighted by molar-refractivity contribution is -0.142. The number of hydrogen-bond donors (Lipinski definition) is 1. The molecule has 0 spiro atoms. The third-order valence-electron chi connectivity index (χ3n) is 5.19. The number of benzene rings is 2. The number of epoxide rings is 1. The van der Waals surface area contributed by atoms with Crippen LogP contribution >= 0.6 is 0 Å². The molecule has 6 nitrogen and oxygen atoms in total. The van der Waals surface area contributed by atoms with Gasteiger partial charge in [-0.15, -0.1) is 0 Å². The Morgan fingerprint density at radius 1 is 1.03 bits per heavy atom. The minimum atomic E-state index is -0.911. The molecule has 33 heavy (non-hydrogen) atoms. The predicted octanol–water partition coefficient (Wildman–Crippen LogP) is 4.92. The summed E-state index contributed by atoms with van der Waals surface area (Å²) in [6.45, 7) is 10.7. The summed E-state index contributed by atoms with van der Waals surface area (Å²) in [5, 5.41) is 9.92. The van der Waals surface area contributed by atoms with E-state index in [1.165, 1.54) is 5.56 Å². The fraction of sp³-hybridized carbons (Fsp3) is 0.444. The van der Waals surface area contributed by atoms with Gasteiger partial charge in [0.05, 0.1) is 6.61 Å². The molecule has 1 aliphatic rings. The minimum absolute atomic E-state index is 0. The van der Waals surface area contributed by atoms with Gasteiger partial charge in [-0.05, 0) is 42.3 Å². The molecule has 182 valence electrons. The van der Waals surface area contributed by atoms with Crippen molar-refractivity contribution in [3.8, 4) is 11.5 Å². The monoisotopic (exact) mass is 458 g/mol. The lowest BCUT2D eigenvalue weighted by Gasteiger charge is -2.26. The first-order valence-corrected chi connectivity index (χ1v) is 10.3. The van der Waals surface area contributed by atoms with Gasteiger partial charge in [0.25, 0.3) is 0 Å². The zero-order valence-electron chi connectivity index (χ0n) is 18.3. The molecule has 2 atom stereocenters.